The Bertz CT molecular complexity index is 157. The molecule has 13 heavy (non-hydrogen) atoms. The lowest BCUT2D eigenvalue weighted by Crippen LogP contribution is -2.53. The van der Waals surface area contributed by atoms with Gasteiger partial charge in [0.2, 0.25) is 0 Å². The molecule has 0 spiro atoms. The minimum absolute atomic E-state index is 0.703. The first kappa shape index (κ1) is 9.44. The van der Waals surface area contributed by atoms with Crippen molar-refractivity contribution in [2.24, 2.45) is 0 Å². The van der Waals surface area contributed by atoms with Crippen molar-refractivity contribution in [2.75, 3.05) is 32.8 Å². The van der Waals surface area contributed by atoms with Gasteiger partial charge < -0.3 is 10.1 Å². The zero-order valence-electron chi connectivity index (χ0n) is 8.46. The van der Waals surface area contributed by atoms with Gasteiger partial charge in [0.25, 0.3) is 0 Å². The monoisotopic (exact) mass is 184 g/mol. The van der Waals surface area contributed by atoms with Crippen molar-refractivity contribution in [1.82, 2.24) is 10.2 Å². The minimum atomic E-state index is 0.703. The molecule has 2 fully saturated rings. The summed E-state index contributed by atoms with van der Waals surface area (Å²) in [7, 11) is 0. The maximum absolute atomic E-state index is 5.42. The van der Waals surface area contributed by atoms with E-state index in [0.29, 0.717) is 12.1 Å². The lowest BCUT2D eigenvalue weighted by atomic mass is 10.1. The quantitative estimate of drug-likeness (QED) is 0.675. The zero-order valence-corrected chi connectivity index (χ0v) is 8.46. The Hall–Kier alpha value is -0.120. The number of piperazine rings is 1. The first-order chi connectivity index (χ1) is 6.40. The number of rotatable bonds is 2. The molecular weight excluding hydrogens is 164 g/mol. The molecule has 2 unspecified atom stereocenters. The predicted octanol–water partition coefficient (Wildman–Crippen LogP) is 0.459. The summed E-state index contributed by atoms with van der Waals surface area (Å²) in [5.74, 6) is 0. The van der Waals surface area contributed by atoms with Crippen LogP contribution in [0.2, 0.25) is 0 Å². The molecule has 0 amide bonds. The normalized spacial score (nSPS) is 36.7. The molecule has 0 aromatic heterocycles. The highest BCUT2D eigenvalue weighted by Gasteiger charge is 2.27. The summed E-state index contributed by atoms with van der Waals surface area (Å²) < 4.78 is 5.42. The third kappa shape index (κ3) is 2.22. The van der Waals surface area contributed by atoms with Crippen molar-refractivity contribution in [3.63, 3.8) is 0 Å². The van der Waals surface area contributed by atoms with E-state index < -0.39 is 0 Å². The number of nitrogens with one attached hydrogen (secondary N) is 1. The third-order valence-corrected chi connectivity index (χ3v) is 3.20. The molecule has 1 N–H and O–H groups in total. The average Bonchev–Trinajstić information content (AvgIpc) is 2.71. The van der Waals surface area contributed by atoms with Gasteiger partial charge >= 0.3 is 0 Å². The van der Waals surface area contributed by atoms with Gasteiger partial charge in [-0.05, 0) is 12.8 Å². The van der Waals surface area contributed by atoms with Crippen LogP contribution in [0.5, 0.6) is 0 Å². The Labute approximate surface area is 80.4 Å². The Morgan fingerprint density at radius 1 is 1.54 bits per heavy atom. The minimum Gasteiger partial charge on any atom is -0.380 e. The fourth-order valence-corrected chi connectivity index (χ4v) is 2.27. The van der Waals surface area contributed by atoms with Crippen molar-refractivity contribution < 1.29 is 4.74 Å². The SMILES string of the molecule is CCC1CN(C2CCOC2)CCN1. The third-order valence-electron chi connectivity index (χ3n) is 3.20. The molecule has 76 valence electrons. The van der Waals surface area contributed by atoms with E-state index in [1.54, 1.807) is 0 Å². The van der Waals surface area contributed by atoms with Crippen LogP contribution in [0.25, 0.3) is 0 Å². The summed E-state index contributed by atoms with van der Waals surface area (Å²) in [6.07, 6.45) is 2.47. The molecule has 3 heteroatoms. The predicted molar refractivity (Wildman–Crippen MR) is 52.9 cm³/mol. The smallest absolute Gasteiger partial charge is 0.0622 e. The molecule has 0 aliphatic carbocycles. The number of hydrogen-bond donors (Lipinski definition) is 1. The van der Waals surface area contributed by atoms with Crippen molar-refractivity contribution in [3.8, 4) is 0 Å². The molecule has 2 aliphatic rings. The lowest BCUT2D eigenvalue weighted by molar-refractivity contribution is 0.116. The van der Waals surface area contributed by atoms with E-state index in [2.05, 4.69) is 17.1 Å². The van der Waals surface area contributed by atoms with Gasteiger partial charge in [0.1, 0.15) is 0 Å². The average molecular weight is 184 g/mol. The molecule has 2 heterocycles. The maximum atomic E-state index is 5.42. The standard InChI is InChI=1S/C10H20N2O/c1-2-9-7-12(5-4-11-9)10-3-6-13-8-10/h9-11H,2-8H2,1H3. The van der Waals surface area contributed by atoms with E-state index >= 15 is 0 Å². The van der Waals surface area contributed by atoms with Crippen LogP contribution in [0, 0.1) is 0 Å². The van der Waals surface area contributed by atoms with E-state index in [0.717, 1.165) is 19.8 Å². The van der Waals surface area contributed by atoms with Gasteiger partial charge in [0, 0.05) is 38.3 Å². The van der Waals surface area contributed by atoms with Gasteiger partial charge in [0.05, 0.1) is 6.61 Å². The van der Waals surface area contributed by atoms with Crippen LogP contribution in [-0.4, -0.2) is 49.8 Å². The van der Waals surface area contributed by atoms with E-state index in [-0.39, 0.29) is 0 Å². The highest BCUT2D eigenvalue weighted by molar-refractivity contribution is 4.84. The molecule has 0 aromatic carbocycles. The van der Waals surface area contributed by atoms with Crippen LogP contribution in [0.1, 0.15) is 19.8 Å². The summed E-state index contributed by atoms with van der Waals surface area (Å²) in [6, 6.07) is 1.41. The Morgan fingerprint density at radius 2 is 2.46 bits per heavy atom. The fraction of sp³-hybridized carbons (Fsp3) is 1.00. The second-order valence-corrected chi connectivity index (χ2v) is 4.07. The van der Waals surface area contributed by atoms with E-state index in [1.165, 1.54) is 25.9 Å². The summed E-state index contributed by atoms with van der Waals surface area (Å²) in [5, 5.41) is 3.54. The molecule has 0 radical (unpaired) electrons. The highest BCUT2D eigenvalue weighted by atomic mass is 16.5. The second-order valence-electron chi connectivity index (χ2n) is 4.07. The van der Waals surface area contributed by atoms with Gasteiger partial charge in [-0.1, -0.05) is 6.92 Å². The number of ether oxygens (including phenoxy) is 1. The Morgan fingerprint density at radius 3 is 3.15 bits per heavy atom. The topological polar surface area (TPSA) is 24.5 Å². The first-order valence-corrected chi connectivity index (χ1v) is 5.45. The molecule has 0 saturated carbocycles. The van der Waals surface area contributed by atoms with Crippen molar-refractivity contribution >= 4 is 0 Å². The van der Waals surface area contributed by atoms with Crippen molar-refractivity contribution in [3.05, 3.63) is 0 Å². The van der Waals surface area contributed by atoms with Crippen LogP contribution in [0.4, 0.5) is 0 Å². The van der Waals surface area contributed by atoms with E-state index in [4.69, 9.17) is 4.74 Å². The molecule has 0 bridgehead atoms. The van der Waals surface area contributed by atoms with Gasteiger partial charge in [0.15, 0.2) is 0 Å². The highest BCUT2D eigenvalue weighted by Crippen LogP contribution is 2.14. The van der Waals surface area contributed by atoms with Crippen LogP contribution in [0.3, 0.4) is 0 Å². The first-order valence-electron chi connectivity index (χ1n) is 5.45. The maximum Gasteiger partial charge on any atom is 0.0622 e. The summed E-state index contributed by atoms with van der Waals surface area (Å²) in [4.78, 5) is 2.59. The molecule has 0 aromatic rings. The van der Waals surface area contributed by atoms with Crippen LogP contribution in [-0.2, 0) is 4.74 Å². The summed E-state index contributed by atoms with van der Waals surface area (Å²) in [5.41, 5.74) is 0. The molecule has 2 aliphatic heterocycles. The molecular formula is C10H20N2O. The second kappa shape index (κ2) is 4.40. The zero-order chi connectivity index (χ0) is 9.10. The van der Waals surface area contributed by atoms with Gasteiger partial charge in [-0.25, -0.2) is 0 Å². The summed E-state index contributed by atoms with van der Waals surface area (Å²) in [6.45, 7) is 7.73. The molecule has 2 rings (SSSR count). The van der Waals surface area contributed by atoms with E-state index in [9.17, 15) is 0 Å². The Kier molecular flexibility index (Phi) is 3.19. The lowest BCUT2D eigenvalue weighted by Gasteiger charge is -2.36. The van der Waals surface area contributed by atoms with Gasteiger partial charge in [-0.3, -0.25) is 4.90 Å². The van der Waals surface area contributed by atoms with Crippen molar-refractivity contribution in [1.29, 1.82) is 0 Å². The molecule has 2 atom stereocenters. The number of nitrogens with zero attached hydrogens (tertiary/aromatic N) is 1. The Balaban J connectivity index is 1.84. The van der Waals surface area contributed by atoms with Crippen LogP contribution < -0.4 is 5.32 Å². The number of hydrogen-bond acceptors (Lipinski definition) is 3. The summed E-state index contributed by atoms with van der Waals surface area (Å²) >= 11 is 0. The van der Waals surface area contributed by atoms with Crippen LogP contribution in [0.15, 0.2) is 0 Å². The van der Waals surface area contributed by atoms with E-state index in [1.807, 2.05) is 0 Å². The van der Waals surface area contributed by atoms with Gasteiger partial charge in [-0.2, -0.15) is 0 Å². The van der Waals surface area contributed by atoms with Crippen molar-refractivity contribution in [2.45, 2.75) is 31.8 Å². The van der Waals surface area contributed by atoms with Gasteiger partial charge in [-0.15, -0.1) is 0 Å². The molecule has 3 nitrogen and oxygen atoms in total. The largest absolute Gasteiger partial charge is 0.380 e. The van der Waals surface area contributed by atoms with Crippen LogP contribution >= 0.6 is 0 Å². The fourth-order valence-electron chi connectivity index (χ4n) is 2.27. The molecule has 2 saturated heterocycles.